The lowest BCUT2D eigenvalue weighted by molar-refractivity contribution is -0.143. The Labute approximate surface area is 113 Å². The fraction of sp³-hybridized carbons (Fsp3) is 0.692. The van der Waals surface area contributed by atoms with E-state index in [4.69, 9.17) is 9.47 Å². The summed E-state index contributed by atoms with van der Waals surface area (Å²) < 4.78 is 12.6. The Kier molecular flexibility index (Phi) is 3.91. The average Bonchev–Trinajstić information content (AvgIpc) is 2.73. The zero-order valence-corrected chi connectivity index (χ0v) is 11.9. The van der Waals surface area contributed by atoms with Crippen LogP contribution in [-0.4, -0.2) is 59.1 Å². The van der Waals surface area contributed by atoms with Crippen molar-refractivity contribution in [2.75, 3.05) is 26.8 Å². The lowest BCUT2D eigenvalue weighted by Crippen LogP contribution is -2.55. The van der Waals surface area contributed by atoms with Gasteiger partial charge in [-0.2, -0.15) is 5.10 Å². The van der Waals surface area contributed by atoms with E-state index in [1.54, 1.807) is 31.1 Å². The molecule has 1 aromatic heterocycles. The molecule has 0 aromatic carbocycles. The van der Waals surface area contributed by atoms with Gasteiger partial charge in [-0.25, -0.2) is 0 Å². The molecule has 1 aromatic rings. The van der Waals surface area contributed by atoms with Crippen LogP contribution in [0.25, 0.3) is 0 Å². The standard InChI is InChI=1S/C13H21N3O3/c1-13(2)9-16(7-10(19-13)8-18-4)12(17)11-5-6-14-15(11)3/h5-6,10H,7-9H2,1-4H3/t10-/m1/s1. The number of methoxy groups -OCH3 is 1. The molecule has 2 rings (SSSR count). The summed E-state index contributed by atoms with van der Waals surface area (Å²) >= 11 is 0. The van der Waals surface area contributed by atoms with Gasteiger partial charge in [0.1, 0.15) is 5.69 Å². The summed E-state index contributed by atoms with van der Waals surface area (Å²) in [5.41, 5.74) is 0.226. The van der Waals surface area contributed by atoms with E-state index in [1.807, 2.05) is 18.7 Å². The number of carbonyl (C=O) groups is 1. The normalized spacial score (nSPS) is 22.5. The van der Waals surface area contributed by atoms with E-state index in [-0.39, 0.29) is 17.6 Å². The number of ether oxygens (including phenoxy) is 2. The van der Waals surface area contributed by atoms with Crippen LogP contribution < -0.4 is 0 Å². The quantitative estimate of drug-likeness (QED) is 0.808. The fourth-order valence-corrected chi connectivity index (χ4v) is 2.47. The van der Waals surface area contributed by atoms with Crippen molar-refractivity contribution < 1.29 is 14.3 Å². The zero-order chi connectivity index (χ0) is 14.0. The minimum absolute atomic E-state index is 0.0162. The summed E-state index contributed by atoms with van der Waals surface area (Å²) in [5, 5.41) is 4.04. The van der Waals surface area contributed by atoms with Crippen molar-refractivity contribution >= 4 is 5.91 Å². The van der Waals surface area contributed by atoms with Gasteiger partial charge >= 0.3 is 0 Å². The van der Waals surface area contributed by atoms with Gasteiger partial charge in [-0.15, -0.1) is 0 Å². The predicted octanol–water partition coefficient (Wildman–Crippen LogP) is 0.686. The number of nitrogens with zero attached hydrogens (tertiary/aromatic N) is 3. The molecule has 1 amide bonds. The van der Waals surface area contributed by atoms with Crippen LogP contribution in [0.5, 0.6) is 0 Å². The second-order valence-corrected chi connectivity index (χ2v) is 5.48. The molecule has 1 aliphatic heterocycles. The van der Waals surface area contributed by atoms with E-state index in [2.05, 4.69) is 5.10 Å². The van der Waals surface area contributed by atoms with E-state index in [0.29, 0.717) is 25.4 Å². The third-order valence-corrected chi connectivity index (χ3v) is 3.16. The molecule has 6 nitrogen and oxygen atoms in total. The number of aryl methyl sites for hydroxylation is 1. The SMILES string of the molecule is COC[C@H]1CN(C(=O)c2ccnn2C)CC(C)(C)O1. The molecule has 0 bridgehead atoms. The molecular formula is C13H21N3O3. The summed E-state index contributed by atoms with van der Waals surface area (Å²) in [4.78, 5) is 14.3. The Morgan fingerprint density at radius 1 is 1.63 bits per heavy atom. The van der Waals surface area contributed by atoms with Gasteiger partial charge in [0.15, 0.2) is 0 Å². The molecule has 19 heavy (non-hydrogen) atoms. The Bertz CT molecular complexity index is 456. The number of hydrogen-bond donors (Lipinski definition) is 0. The summed E-state index contributed by atoms with van der Waals surface area (Å²) in [6.45, 7) is 5.56. The highest BCUT2D eigenvalue weighted by atomic mass is 16.5. The fourth-order valence-electron chi connectivity index (χ4n) is 2.47. The second kappa shape index (κ2) is 5.30. The number of morpholine rings is 1. The van der Waals surface area contributed by atoms with Gasteiger partial charge < -0.3 is 14.4 Å². The first-order valence-electron chi connectivity index (χ1n) is 6.37. The maximum atomic E-state index is 12.5. The van der Waals surface area contributed by atoms with Gasteiger partial charge in [0, 0.05) is 33.4 Å². The molecule has 2 heterocycles. The van der Waals surface area contributed by atoms with Crippen LogP contribution in [0.3, 0.4) is 0 Å². The van der Waals surface area contributed by atoms with Gasteiger partial charge in [-0.3, -0.25) is 9.48 Å². The van der Waals surface area contributed by atoms with Crippen molar-refractivity contribution in [2.24, 2.45) is 7.05 Å². The van der Waals surface area contributed by atoms with Crippen LogP contribution in [0.4, 0.5) is 0 Å². The Morgan fingerprint density at radius 3 is 2.95 bits per heavy atom. The van der Waals surface area contributed by atoms with Crippen LogP contribution in [0.2, 0.25) is 0 Å². The Balaban J connectivity index is 2.15. The molecule has 1 fully saturated rings. The highest BCUT2D eigenvalue weighted by Crippen LogP contribution is 2.22. The van der Waals surface area contributed by atoms with E-state index >= 15 is 0 Å². The molecule has 0 aliphatic carbocycles. The van der Waals surface area contributed by atoms with Gasteiger partial charge in [-0.1, -0.05) is 0 Å². The number of aromatic nitrogens is 2. The summed E-state index contributed by atoms with van der Waals surface area (Å²) in [5.74, 6) is -0.0162. The maximum absolute atomic E-state index is 12.5. The van der Waals surface area contributed by atoms with Crippen LogP contribution in [0.15, 0.2) is 12.3 Å². The van der Waals surface area contributed by atoms with Crippen molar-refractivity contribution in [3.63, 3.8) is 0 Å². The number of hydrogen-bond acceptors (Lipinski definition) is 4. The lowest BCUT2D eigenvalue weighted by Gasteiger charge is -2.42. The largest absolute Gasteiger partial charge is 0.382 e. The Morgan fingerprint density at radius 2 is 2.37 bits per heavy atom. The summed E-state index contributed by atoms with van der Waals surface area (Å²) in [7, 11) is 3.41. The van der Waals surface area contributed by atoms with Gasteiger partial charge in [0.25, 0.3) is 5.91 Å². The summed E-state index contributed by atoms with van der Waals surface area (Å²) in [6, 6.07) is 1.73. The second-order valence-electron chi connectivity index (χ2n) is 5.48. The van der Waals surface area contributed by atoms with Gasteiger partial charge in [-0.05, 0) is 19.9 Å². The molecule has 1 atom stereocenters. The smallest absolute Gasteiger partial charge is 0.272 e. The number of carbonyl (C=O) groups excluding carboxylic acids is 1. The molecule has 0 N–H and O–H groups in total. The van der Waals surface area contributed by atoms with Crippen molar-refractivity contribution in [3.05, 3.63) is 18.0 Å². The third kappa shape index (κ3) is 3.13. The predicted molar refractivity (Wildman–Crippen MR) is 69.9 cm³/mol. The summed E-state index contributed by atoms with van der Waals surface area (Å²) in [6.07, 6.45) is 1.54. The highest BCUT2D eigenvalue weighted by molar-refractivity contribution is 5.92. The van der Waals surface area contributed by atoms with Gasteiger partial charge in [0.05, 0.1) is 18.3 Å². The lowest BCUT2D eigenvalue weighted by atomic mass is 10.0. The maximum Gasteiger partial charge on any atom is 0.272 e. The Hall–Kier alpha value is -1.40. The molecule has 1 aliphatic rings. The van der Waals surface area contributed by atoms with Crippen molar-refractivity contribution in [3.8, 4) is 0 Å². The van der Waals surface area contributed by atoms with Crippen LogP contribution in [-0.2, 0) is 16.5 Å². The molecule has 0 unspecified atom stereocenters. The molecular weight excluding hydrogens is 246 g/mol. The first-order valence-corrected chi connectivity index (χ1v) is 6.37. The van der Waals surface area contributed by atoms with Crippen molar-refractivity contribution in [1.82, 2.24) is 14.7 Å². The topological polar surface area (TPSA) is 56.6 Å². The highest BCUT2D eigenvalue weighted by Gasteiger charge is 2.36. The van der Waals surface area contributed by atoms with E-state index < -0.39 is 0 Å². The minimum Gasteiger partial charge on any atom is -0.382 e. The minimum atomic E-state index is -0.365. The molecule has 0 radical (unpaired) electrons. The van der Waals surface area contributed by atoms with Crippen LogP contribution in [0.1, 0.15) is 24.3 Å². The molecule has 1 saturated heterocycles. The number of rotatable bonds is 3. The molecule has 6 heteroatoms. The third-order valence-electron chi connectivity index (χ3n) is 3.16. The molecule has 0 spiro atoms. The average molecular weight is 267 g/mol. The molecule has 0 saturated carbocycles. The van der Waals surface area contributed by atoms with Crippen LogP contribution >= 0.6 is 0 Å². The van der Waals surface area contributed by atoms with Crippen LogP contribution in [0, 0.1) is 0 Å². The number of amides is 1. The van der Waals surface area contributed by atoms with E-state index in [1.165, 1.54) is 0 Å². The molecule has 106 valence electrons. The van der Waals surface area contributed by atoms with E-state index in [0.717, 1.165) is 0 Å². The first kappa shape index (κ1) is 14.0. The van der Waals surface area contributed by atoms with Crippen molar-refractivity contribution in [2.45, 2.75) is 25.6 Å². The van der Waals surface area contributed by atoms with Gasteiger partial charge in [0.2, 0.25) is 0 Å². The van der Waals surface area contributed by atoms with Crippen molar-refractivity contribution in [1.29, 1.82) is 0 Å². The monoisotopic (exact) mass is 267 g/mol. The zero-order valence-electron chi connectivity index (χ0n) is 11.9. The first-order chi connectivity index (χ1) is 8.93. The van der Waals surface area contributed by atoms with E-state index in [9.17, 15) is 4.79 Å².